The molecule has 0 aliphatic carbocycles. The lowest BCUT2D eigenvalue weighted by Gasteiger charge is -2.35. The average molecular weight is 542 g/mol. The van der Waals surface area contributed by atoms with Gasteiger partial charge in [-0.1, -0.05) is 17.7 Å². The van der Waals surface area contributed by atoms with E-state index in [9.17, 15) is 18.8 Å². The van der Waals surface area contributed by atoms with E-state index >= 15 is 0 Å². The summed E-state index contributed by atoms with van der Waals surface area (Å²) in [4.78, 5) is 44.2. The highest BCUT2D eigenvalue weighted by Crippen LogP contribution is 2.28. The Morgan fingerprint density at radius 3 is 2.18 bits per heavy atom. The second kappa shape index (κ2) is 12.9. The van der Waals surface area contributed by atoms with Crippen LogP contribution in [0.4, 0.5) is 10.1 Å². The van der Waals surface area contributed by atoms with Crippen LogP contribution >= 0.6 is 11.6 Å². The van der Waals surface area contributed by atoms with Crippen LogP contribution in [0.2, 0.25) is 5.02 Å². The number of anilines is 1. The highest BCUT2D eigenvalue weighted by atomic mass is 35.5. The number of hydrogen-bond donors (Lipinski definition) is 0. The number of hydrogen-bond acceptors (Lipinski definition) is 4. The van der Waals surface area contributed by atoms with E-state index in [-0.39, 0.29) is 35.3 Å². The molecule has 0 N–H and O–H groups in total. The summed E-state index contributed by atoms with van der Waals surface area (Å²) in [5.41, 5.74) is 2.35. The summed E-state index contributed by atoms with van der Waals surface area (Å²) in [7, 11) is 0. The summed E-state index contributed by atoms with van der Waals surface area (Å²) in [5, 5.41) is 0.639. The van der Waals surface area contributed by atoms with Crippen molar-refractivity contribution in [3.05, 3.63) is 64.4 Å². The van der Waals surface area contributed by atoms with Gasteiger partial charge in [0.05, 0.1) is 0 Å². The molecule has 38 heavy (non-hydrogen) atoms. The smallest absolute Gasteiger partial charge is 0.230 e. The number of aryl methyl sites for hydroxylation is 1. The minimum atomic E-state index is -0.335. The van der Waals surface area contributed by atoms with E-state index in [1.165, 1.54) is 12.1 Å². The lowest BCUT2D eigenvalue weighted by atomic mass is 9.89. The molecule has 6 nitrogen and oxygen atoms in total. The summed E-state index contributed by atoms with van der Waals surface area (Å²) < 4.78 is 13.2. The molecule has 0 saturated carbocycles. The fourth-order valence-electron chi connectivity index (χ4n) is 5.50. The highest BCUT2D eigenvalue weighted by molar-refractivity contribution is 6.31. The number of piperidine rings is 2. The first-order chi connectivity index (χ1) is 18.2. The van der Waals surface area contributed by atoms with Crippen molar-refractivity contribution in [3.63, 3.8) is 0 Å². The Bertz CT molecular complexity index is 1140. The van der Waals surface area contributed by atoms with Crippen molar-refractivity contribution in [1.82, 2.24) is 9.80 Å². The van der Waals surface area contributed by atoms with Gasteiger partial charge in [-0.3, -0.25) is 14.4 Å². The molecule has 2 saturated heterocycles. The molecule has 8 heteroatoms. The number of likely N-dealkylation sites (tertiary alicyclic amines) is 2. The second-order valence-corrected chi connectivity index (χ2v) is 11.0. The van der Waals surface area contributed by atoms with Gasteiger partial charge in [-0.15, -0.1) is 0 Å². The number of carbonyl (C=O) groups is 3. The second-order valence-electron chi connectivity index (χ2n) is 10.5. The zero-order valence-electron chi connectivity index (χ0n) is 22.3. The van der Waals surface area contributed by atoms with Crippen LogP contribution in [0.5, 0.6) is 0 Å². The van der Waals surface area contributed by atoms with Crippen molar-refractivity contribution < 1.29 is 18.8 Å². The van der Waals surface area contributed by atoms with Gasteiger partial charge in [-0.05, 0) is 101 Å². The van der Waals surface area contributed by atoms with Gasteiger partial charge in [-0.2, -0.15) is 0 Å². The van der Waals surface area contributed by atoms with Gasteiger partial charge in [-0.25, -0.2) is 4.39 Å². The molecule has 0 radical (unpaired) electrons. The number of ketones is 1. The summed E-state index contributed by atoms with van der Waals surface area (Å²) in [6.07, 6.45) is 3.70. The molecule has 2 aliphatic rings. The number of Topliss-reactive ketones (excluding diaryl/α,β-unsaturated/α-hetero) is 1. The maximum atomic E-state index is 13.6. The minimum absolute atomic E-state index is 0.0367. The fraction of sp³-hybridized carbons (Fsp3) is 0.500. The zero-order chi connectivity index (χ0) is 27.2. The topological polar surface area (TPSA) is 60.9 Å². The van der Waals surface area contributed by atoms with E-state index in [0.717, 1.165) is 50.1 Å². The standard InChI is InChI=1S/C30H37ClFN3O3/c1-21-4-9-27(20-28(21)31)35(30(38)25-12-18-34(19-13-25)22(2)36)15-3-14-33-16-10-24(11-17-33)29(37)23-5-7-26(32)8-6-23/h4-9,20,24-25H,3,10-19H2,1-2H3. The van der Waals surface area contributed by atoms with E-state index in [1.807, 2.05) is 30.0 Å². The fourth-order valence-corrected chi connectivity index (χ4v) is 5.67. The Balaban J connectivity index is 1.33. The lowest BCUT2D eigenvalue weighted by Crippen LogP contribution is -2.45. The number of halogens is 2. The molecule has 2 amide bonds. The van der Waals surface area contributed by atoms with Gasteiger partial charge in [0.25, 0.3) is 0 Å². The van der Waals surface area contributed by atoms with E-state index in [4.69, 9.17) is 11.6 Å². The Morgan fingerprint density at radius 2 is 1.58 bits per heavy atom. The van der Waals surface area contributed by atoms with E-state index in [0.29, 0.717) is 43.1 Å². The summed E-state index contributed by atoms with van der Waals surface area (Å²) in [6.45, 7) is 7.81. The van der Waals surface area contributed by atoms with Crippen LogP contribution in [0.15, 0.2) is 42.5 Å². The van der Waals surface area contributed by atoms with Crippen molar-refractivity contribution in [1.29, 1.82) is 0 Å². The molecule has 0 unspecified atom stereocenters. The number of carbonyl (C=O) groups excluding carboxylic acids is 3. The van der Waals surface area contributed by atoms with Crippen molar-refractivity contribution in [2.45, 2.75) is 46.0 Å². The normalized spacial score (nSPS) is 17.4. The lowest BCUT2D eigenvalue weighted by molar-refractivity contribution is -0.133. The predicted octanol–water partition coefficient (Wildman–Crippen LogP) is 5.36. The molecule has 2 fully saturated rings. The van der Waals surface area contributed by atoms with E-state index in [1.54, 1.807) is 24.0 Å². The molecule has 2 aromatic rings. The highest BCUT2D eigenvalue weighted by Gasteiger charge is 2.31. The van der Waals surface area contributed by atoms with E-state index < -0.39 is 0 Å². The number of rotatable bonds is 8. The van der Waals surface area contributed by atoms with Crippen LogP contribution < -0.4 is 4.90 Å². The van der Waals surface area contributed by atoms with Crippen molar-refractivity contribution in [3.8, 4) is 0 Å². The minimum Gasteiger partial charge on any atom is -0.343 e. The zero-order valence-corrected chi connectivity index (χ0v) is 23.1. The van der Waals surface area contributed by atoms with Gasteiger partial charge in [0, 0.05) is 54.7 Å². The maximum absolute atomic E-state index is 13.6. The van der Waals surface area contributed by atoms with Crippen LogP contribution in [0, 0.1) is 24.6 Å². The molecule has 2 aromatic carbocycles. The summed E-state index contributed by atoms with van der Waals surface area (Å²) in [5.74, 6) is -0.242. The predicted molar refractivity (Wildman–Crippen MR) is 148 cm³/mol. The van der Waals surface area contributed by atoms with E-state index in [2.05, 4.69) is 4.90 Å². The van der Waals surface area contributed by atoms with Crippen LogP contribution in [0.3, 0.4) is 0 Å². The maximum Gasteiger partial charge on any atom is 0.230 e. The van der Waals surface area contributed by atoms with Crippen molar-refractivity contribution >= 4 is 34.9 Å². The van der Waals surface area contributed by atoms with Gasteiger partial charge >= 0.3 is 0 Å². The van der Waals surface area contributed by atoms with Gasteiger partial charge in [0.2, 0.25) is 11.8 Å². The first kappa shape index (κ1) is 28.2. The van der Waals surface area contributed by atoms with Gasteiger partial charge in [0.1, 0.15) is 5.82 Å². The third-order valence-electron chi connectivity index (χ3n) is 7.97. The third-order valence-corrected chi connectivity index (χ3v) is 8.37. The van der Waals surface area contributed by atoms with Crippen LogP contribution in [-0.2, 0) is 9.59 Å². The van der Waals surface area contributed by atoms with Crippen LogP contribution in [0.25, 0.3) is 0 Å². The molecule has 0 aromatic heterocycles. The Labute approximate surface area is 229 Å². The molecular weight excluding hydrogens is 505 g/mol. The monoisotopic (exact) mass is 541 g/mol. The quantitative estimate of drug-likeness (QED) is 0.422. The van der Waals surface area contributed by atoms with Crippen molar-refractivity contribution in [2.75, 3.05) is 44.2 Å². The number of amides is 2. The summed E-state index contributed by atoms with van der Waals surface area (Å²) in [6, 6.07) is 11.6. The van der Waals surface area contributed by atoms with Crippen LogP contribution in [0.1, 0.15) is 54.9 Å². The van der Waals surface area contributed by atoms with Crippen molar-refractivity contribution in [2.24, 2.45) is 11.8 Å². The van der Waals surface area contributed by atoms with Gasteiger partial charge in [0.15, 0.2) is 5.78 Å². The molecule has 204 valence electrons. The molecule has 2 aliphatic heterocycles. The molecular formula is C30H37ClFN3O3. The van der Waals surface area contributed by atoms with Gasteiger partial charge < -0.3 is 14.7 Å². The molecule has 0 atom stereocenters. The Kier molecular flexibility index (Phi) is 9.55. The number of benzene rings is 2. The number of nitrogens with zero attached hydrogens (tertiary/aromatic N) is 3. The SMILES string of the molecule is CC(=O)N1CCC(C(=O)N(CCCN2CCC(C(=O)c3ccc(F)cc3)CC2)c2ccc(C)c(Cl)c2)CC1. The molecule has 0 spiro atoms. The molecule has 2 heterocycles. The first-order valence-electron chi connectivity index (χ1n) is 13.6. The summed E-state index contributed by atoms with van der Waals surface area (Å²) >= 11 is 6.41. The molecule has 4 rings (SSSR count). The molecule has 0 bridgehead atoms. The third kappa shape index (κ3) is 7.00. The first-order valence-corrected chi connectivity index (χ1v) is 14.0. The van der Waals surface area contributed by atoms with Crippen LogP contribution in [-0.4, -0.2) is 66.7 Å². The largest absolute Gasteiger partial charge is 0.343 e. The Morgan fingerprint density at radius 1 is 0.947 bits per heavy atom. The average Bonchev–Trinajstić information content (AvgIpc) is 2.93. The Hall–Kier alpha value is -2.77.